The van der Waals surface area contributed by atoms with Crippen molar-refractivity contribution in [3.63, 3.8) is 0 Å². The zero-order chi connectivity index (χ0) is 31.0. The van der Waals surface area contributed by atoms with E-state index in [4.69, 9.17) is 21.1 Å². The van der Waals surface area contributed by atoms with Crippen LogP contribution in [0.3, 0.4) is 0 Å². The third-order valence-electron chi connectivity index (χ3n) is 7.40. The number of thiazole rings is 1. The second-order valence-corrected chi connectivity index (χ2v) is 12.9. The van der Waals surface area contributed by atoms with E-state index in [0.29, 0.717) is 40.6 Å². The Balaban J connectivity index is 1.34. The fourth-order valence-corrected chi connectivity index (χ4v) is 5.98. The van der Waals surface area contributed by atoms with Gasteiger partial charge in [0.15, 0.2) is 5.82 Å². The summed E-state index contributed by atoms with van der Waals surface area (Å²) in [5, 5.41) is 18.0. The van der Waals surface area contributed by atoms with Crippen LogP contribution in [-0.4, -0.2) is 53.7 Å². The van der Waals surface area contributed by atoms with Gasteiger partial charge in [0.1, 0.15) is 5.82 Å². The van der Waals surface area contributed by atoms with E-state index in [0.717, 1.165) is 21.3 Å². The van der Waals surface area contributed by atoms with Gasteiger partial charge in [-0.15, -0.1) is 11.3 Å². The second-order valence-electron chi connectivity index (χ2n) is 11.5. The van der Waals surface area contributed by atoms with E-state index in [1.54, 1.807) is 37.1 Å². The Labute approximate surface area is 261 Å². The van der Waals surface area contributed by atoms with Crippen molar-refractivity contribution in [2.24, 2.45) is 5.41 Å². The summed E-state index contributed by atoms with van der Waals surface area (Å²) in [6.45, 7) is 6.31. The fourth-order valence-electron chi connectivity index (χ4n) is 5.15. The van der Waals surface area contributed by atoms with Crippen LogP contribution < -0.4 is 10.6 Å². The maximum Gasteiger partial charge on any atom is 0.252 e. The number of nitrogens with one attached hydrogen (secondary N) is 3. The van der Waals surface area contributed by atoms with Crippen molar-refractivity contribution in [1.82, 2.24) is 45.5 Å². The molecule has 226 valence electrons. The molecule has 44 heavy (non-hydrogen) atoms. The number of hydrogen-bond acceptors (Lipinski definition) is 9. The van der Waals surface area contributed by atoms with Crippen LogP contribution in [0.25, 0.3) is 33.3 Å². The molecule has 0 spiro atoms. The summed E-state index contributed by atoms with van der Waals surface area (Å²) in [4.78, 5) is 40.5. The van der Waals surface area contributed by atoms with E-state index in [1.165, 1.54) is 11.3 Å². The van der Waals surface area contributed by atoms with Gasteiger partial charge in [-0.3, -0.25) is 19.7 Å². The first-order chi connectivity index (χ1) is 21.1. The molecule has 4 aromatic heterocycles. The minimum Gasteiger partial charge on any atom is -0.355 e. The van der Waals surface area contributed by atoms with E-state index in [2.05, 4.69) is 56.7 Å². The van der Waals surface area contributed by atoms with Gasteiger partial charge in [0, 0.05) is 48.0 Å². The van der Waals surface area contributed by atoms with Gasteiger partial charge < -0.3 is 19.7 Å². The molecule has 0 unspecified atom stereocenters. The first kappa shape index (κ1) is 29.5. The lowest BCUT2D eigenvalue weighted by molar-refractivity contribution is -0.122. The van der Waals surface area contributed by atoms with Crippen LogP contribution in [0.4, 0.5) is 0 Å². The lowest BCUT2D eigenvalue weighted by Gasteiger charge is -2.33. The molecular weight excluding hydrogens is 602 g/mol. The third kappa shape index (κ3) is 5.92. The van der Waals surface area contributed by atoms with Crippen molar-refractivity contribution in [2.45, 2.75) is 46.2 Å². The SMILES string of the molecule is CNC(=O)c1cc2nc(-c3ccc4cn[nH]c4c3)n([C@@H](CC(=O)NCc3nc(Cc4cncs4)no3)C(C)(C)C)c2cc1Cl. The summed E-state index contributed by atoms with van der Waals surface area (Å²) in [5.41, 5.74) is 4.65. The molecule has 0 aliphatic carbocycles. The van der Waals surface area contributed by atoms with E-state index in [-0.39, 0.29) is 35.8 Å². The molecule has 6 rings (SSSR count). The molecule has 0 aliphatic rings. The minimum atomic E-state index is -0.393. The first-order valence-electron chi connectivity index (χ1n) is 13.9. The molecule has 4 heterocycles. The van der Waals surface area contributed by atoms with Crippen LogP contribution >= 0.6 is 22.9 Å². The fraction of sp³-hybridized carbons (Fsp3) is 0.300. The highest BCUT2D eigenvalue weighted by Gasteiger charge is 2.33. The monoisotopic (exact) mass is 631 g/mol. The number of amides is 2. The predicted molar refractivity (Wildman–Crippen MR) is 167 cm³/mol. The van der Waals surface area contributed by atoms with Gasteiger partial charge in [0.25, 0.3) is 5.91 Å². The van der Waals surface area contributed by atoms with Crippen molar-refractivity contribution in [1.29, 1.82) is 0 Å². The number of aromatic nitrogens is 7. The number of imidazole rings is 1. The summed E-state index contributed by atoms with van der Waals surface area (Å²) in [6.07, 6.45) is 4.17. The molecule has 14 heteroatoms. The van der Waals surface area contributed by atoms with Gasteiger partial charge in [-0.1, -0.05) is 49.7 Å². The van der Waals surface area contributed by atoms with Crippen molar-refractivity contribution in [2.75, 3.05) is 7.05 Å². The van der Waals surface area contributed by atoms with E-state index < -0.39 is 5.41 Å². The van der Waals surface area contributed by atoms with Gasteiger partial charge in [-0.2, -0.15) is 10.1 Å². The smallest absolute Gasteiger partial charge is 0.252 e. The number of benzene rings is 2. The van der Waals surface area contributed by atoms with Crippen LogP contribution in [0, 0.1) is 5.41 Å². The average molecular weight is 632 g/mol. The van der Waals surface area contributed by atoms with Crippen LogP contribution in [-0.2, 0) is 17.8 Å². The lowest BCUT2D eigenvalue weighted by Crippen LogP contribution is -2.32. The number of H-pyrrole nitrogens is 1. The molecule has 3 N–H and O–H groups in total. The highest BCUT2D eigenvalue weighted by atomic mass is 35.5. The Morgan fingerprint density at radius 1 is 1.16 bits per heavy atom. The van der Waals surface area contributed by atoms with Gasteiger partial charge in [0.05, 0.1) is 45.4 Å². The Morgan fingerprint density at radius 3 is 2.75 bits per heavy atom. The molecule has 0 saturated carbocycles. The zero-order valence-corrected chi connectivity index (χ0v) is 26.1. The summed E-state index contributed by atoms with van der Waals surface area (Å²) in [5.74, 6) is 0.981. The Bertz CT molecular complexity index is 1970. The average Bonchev–Trinajstić information content (AvgIpc) is 3.81. The van der Waals surface area contributed by atoms with Crippen molar-refractivity contribution < 1.29 is 14.1 Å². The number of aromatic amines is 1. The molecule has 0 radical (unpaired) electrons. The highest BCUT2D eigenvalue weighted by Crippen LogP contribution is 2.41. The van der Waals surface area contributed by atoms with E-state index in [9.17, 15) is 9.59 Å². The maximum absolute atomic E-state index is 13.5. The number of nitrogens with zero attached hydrogens (tertiary/aromatic N) is 6. The van der Waals surface area contributed by atoms with Gasteiger partial charge in [-0.25, -0.2) is 4.98 Å². The molecule has 0 aliphatic heterocycles. The van der Waals surface area contributed by atoms with Gasteiger partial charge in [0.2, 0.25) is 11.8 Å². The Morgan fingerprint density at radius 2 is 2.00 bits per heavy atom. The first-order valence-corrected chi connectivity index (χ1v) is 15.2. The number of rotatable bonds is 9. The highest BCUT2D eigenvalue weighted by molar-refractivity contribution is 7.09. The van der Waals surface area contributed by atoms with Crippen LogP contribution in [0.1, 0.15) is 60.2 Å². The molecule has 2 aromatic carbocycles. The normalized spacial score (nSPS) is 12.6. The summed E-state index contributed by atoms with van der Waals surface area (Å²) in [7, 11) is 1.55. The largest absolute Gasteiger partial charge is 0.355 e. The molecule has 12 nitrogen and oxygen atoms in total. The standard InChI is InChI=1S/C30H30ClN9O3S/c1-30(2,3)24(11-26(41)34-14-27-37-25(39-43-27)8-18-13-33-15-44-18)40-23-10-20(31)19(29(42)32-4)9-22(23)36-28(40)16-5-6-17-12-35-38-21(17)7-16/h5-7,9-10,12-13,15,24H,8,11,14H2,1-4H3,(H,32,42)(H,34,41)(H,35,38)/t24-/m0/s1. The number of fused-ring (bicyclic) bond motifs is 2. The minimum absolute atomic E-state index is 0.0979. The zero-order valence-electron chi connectivity index (χ0n) is 24.5. The van der Waals surface area contributed by atoms with Crippen LogP contribution in [0.2, 0.25) is 5.02 Å². The molecule has 0 fully saturated rings. The quantitative estimate of drug-likeness (QED) is 0.194. The Kier molecular flexibility index (Phi) is 7.91. The molecule has 6 aromatic rings. The summed E-state index contributed by atoms with van der Waals surface area (Å²) < 4.78 is 7.41. The number of halogens is 1. The second kappa shape index (κ2) is 11.8. The number of hydrogen-bond donors (Lipinski definition) is 3. The molecule has 0 bridgehead atoms. The van der Waals surface area contributed by atoms with Gasteiger partial charge >= 0.3 is 0 Å². The molecule has 1 atom stereocenters. The van der Waals surface area contributed by atoms with Crippen LogP contribution in [0.15, 0.2) is 52.8 Å². The molecule has 0 saturated heterocycles. The van der Waals surface area contributed by atoms with Crippen LogP contribution in [0.5, 0.6) is 0 Å². The van der Waals surface area contributed by atoms with E-state index in [1.807, 2.05) is 22.8 Å². The summed E-state index contributed by atoms with van der Waals surface area (Å²) in [6, 6.07) is 8.98. The van der Waals surface area contributed by atoms with Crippen molar-refractivity contribution >= 4 is 56.7 Å². The van der Waals surface area contributed by atoms with Crippen molar-refractivity contribution in [3.8, 4) is 11.4 Å². The van der Waals surface area contributed by atoms with E-state index >= 15 is 0 Å². The number of carbonyl (C=O) groups excluding carboxylic acids is 2. The summed E-state index contributed by atoms with van der Waals surface area (Å²) >= 11 is 8.15. The molecule has 2 amide bonds. The lowest BCUT2D eigenvalue weighted by atomic mass is 9.84. The third-order valence-corrected chi connectivity index (χ3v) is 8.50. The van der Waals surface area contributed by atoms with Crippen molar-refractivity contribution in [3.05, 3.63) is 75.4 Å². The van der Waals surface area contributed by atoms with Gasteiger partial charge in [-0.05, 0) is 23.6 Å². The maximum atomic E-state index is 13.5. The topological polar surface area (TPSA) is 157 Å². The molecular formula is C30H30ClN9O3S. The Hall–Kier alpha value is -4.62. The number of carbonyl (C=O) groups is 2. The predicted octanol–water partition coefficient (Wildman–Crippen LogP) is 5.32.